The van der Waals surface area contributed by atoms with Gasteiger partial charge in [-0.05, 0) is 35.8 Å². The molecule has 0 spiro atoms. The maximum Gasteiger partial charge on any atom is 0.201 e. The Morgan fingerprint density at radius 2 is 1.87 bits per heavy atom. The molecule has 0 fully saturated rings. The molecule has 0 aromatic heterocycles. The van der Waals surface area contributed by atoms with Crippen molar-refractivity contribution in [2.75, 3.05) is 7.11 Å². The number of benzene rings is 1. The van der Waals surface area contributed by atoms with Crippen LogP contribution in [0.25, 0.3) is 0 Å². The van der Waals surface area contributed by atoms with Crippen molar-refractivity contribution >= 4 is 15.9 Å². The lowest BCUT2D eigenvalue weighted by molar-refractivity contribution is 0.215. The molecule has 0 saturated heterocycles. The SMILES string of the molecule is COc1c(F)cc(Br)c(F)c1OC(C)C. The summed E-state index contributed by atoms with van der Waals surface area (Å²) in [7, 11) is 1.26. The molecule has 0 amide bonds. The zero-order valence-electron chi connectivity index (χ0n) is 8.61. The smallest absolute Gasteiger partial charge is 0.201 e. The van der Waals surface area contributed by atoms with Crippen LogP contribution in [-0.4, -0.2) is 13.2 Å². The van der Waals surface area contributed by atoms with Crippen molar-refractivity contribution in [3.05, 3.63) is 22.2 Å². The van der Waals surface area contributed by atoms with Crippen LogP contribution in [0.2, 0.25) is 0 Å². The van der Waals surface area contributed by atoms with Gasteiger partial charge in [0.05, 0.1) is 17.7 Å². The Balaban J connectivity index is 3.30. The highest BCUT2D eigenvalue weighted by Gasteiger charge is 2.20. The predicted octanol–water partition coefficient (Wildman–Crippen LogP) is 3.52. The molecular weight excluding hydrogens is 270 g/mol. The van der Waals surface area contributed by atoms with Gasteiger partial charge in [-0.25, -0.2) is 8.78 Å². The minimum atomic E-state index is -0.665. The van der Waals surface area contributed by atoms with Gasteiger partial charge in [-0.15, -0.1) is 0 Å². The van der Waals surface area contributed by atoms with Crippen molar-refractivity contribution in [2.45, 2.75) is 20.0 Å². The van der Waals surface area contributed by atoms with Crippen LogP contribution < -0.4 is 9.47 Å². The summed E-state index contributed by atoms with van der Waals surface area (Å²) in [4.78, 5) is 0. The highest BCUT2D eigenvalue weighted by atomic mass is 79.9. The van der Waals surface area contributed by atoms with E-state index in [-0.39, 0.29) is 22.1 Å². The Hall–Kier alpha value is -0.840. The predicted molar refractivity (Wildman–Crippen MR) is 56.4 cm³/mol. The zero-order valence-corrected chi connectivity index (χ0v) is 10.2. The lowest BCUT2D eigenvalue weighted by Gasteiger charge is -2.15. The van der Waals surface area contributed by atoms with Gasteiger partial charge in [0.2, 0.25) is 5.75 Å². The zero-order chi connectivity index (χ0) is 11.6. The Morgan fingerprint density at radius 3 is 2.33 bits per heavy atom. The van der Waals surface area contributed by atoms with Crippen molar-refractivity contribution < 1.29 is 18.3 Å². The lowest BCUT2D eigenvalue weighted by atomic mass is 10.3. The number of ether oxygens (including phenoxy) is 2. The molecular formula is C10H11BrF2O2. The molecule has 0 N–H and O–H groups in total. The van der Waals surface area contributed by atoms with Gasteiger partial charge in [-0.3, -0.25) is 0 Å². The minimum Gasteiger partial charge on any atom is -0.490 e. The van der Waals surface area contributed by atoms with E-state index in [1.807, 2.05) is 0 Å². The van der Waals surface area contributed by atoms with Gasteiger partial charge < -0.3 is 9.47 Å². The van der Waals surface area contributed by atoms with Crippen molar-refractivity contribution in [3.8, 4) is 11.5 Å². The Kier molecular flexibility index (Phi) is 3.90. The summed E-state index contributed by atoms with van der Waals surface area (Å²) in [6, 6.07) is 1.00. The third-order valence-electron chi connectivity index (χ3n) is 1.64. The first-order valence-electron chi connectivity index (χ1n) is 4.35. The minimum absolute atomic E-state index is 0.0106. The Morgan fingerprint density at radius 1 is 1.27 bits per heavy atom. The molecule has 1 aromatic carbocycles. The van der Waals surface area contributed by atoms with Gasteiger partial charge in [-0.1, -0.05) is 0 Å². The maximum absolute atomic E-state index is 13.6. The van der Waals surface area contributed by atoms with Crippen molar-refractivity contribution in [1.82, 2.24) is 0 Å². The summed E-state index contributed by atoms with van der Waals surface area (Å²) in [6.45, 7) is 3.44. The van der Waals surface area contributed by atoms with Crippen LogP contribution in [-0.2, 0) is 0 Å². The molecule has 0 aliphatic heterocycles. The molecule has 1 rings (SSSR count). The average molecular weight is 281 g/mol. The van der Waals surface area contributed by atoms with E-state index in [1.165, 1.54) is 7.11 Å². The van der Waals surface area contributed by atoms with Crippen molar-refractivity contribution in [2.24, 2.45) is 0 Å². The lowest BCUT2D eigenvalue weighted by Crippen LogP contribution is -2.09. The first-order chi connectivity index (χ1) is 6.97. The van der Waals surface area contributed by atoms with E-state index >= 15 is 0 Å². The van der Waals surface area contributed by atoms with Crippen LogP contribution >= 0.6 is 15.9 Å². The number of hydrogen-bond donors (Lipinski definition) is 0. The van der Waals surface area contributed by atoms with Crippen LogP contribution in [0.3, 0.4) is 0 Å². The summed E-state index contributed by atoms with van der Waals surface area (Å²) in [5.74, 6) is -1.76. The molecule has 15 heavy (non-hydrogen) atoms. The molecule has 84 valence electrons. The first kappa shape index (κ1) is 12.2. The van der Waals surface area contributed by atoms with Gasteiger partial charge in [0, 0.05) is 0 Å². The van der Waals surface area contributed by atoms with Crippen LogP contribution in [0, 0.1) is 11.6 Å². The van der Waals surface area contributed by atoms with Crippen LogP contribution in [0.4, 0.5) is 8.78 Å². The van der Waals surface area contributed by atoms with E-state index in [0.29, 0.717) is 0 Å². The quantitative estimate of drug-likeness (QED) is 0.789. The molecule has 2 nitrogen and oxygen atoms in total. The molecule has 0 radical (unpaired) electrons. The van der Waals surface area contributed by atoms with Gasteiger partial charge in [-0.2, -0.15) is 0 Å². The second kappa shape index (κ2) is 4.79. The fraction of sp³-hybridized carbons (Fsp3) is 0.400. The maximum atomic E-state index is 13.6. The summed E-state index contributed by atoms with van der Waals surface area (Å²) < 4.78 is 36.8. The van der Waals surface area contributed by atoms with Crippen LogP contribution in [0.15, 0.2) is 10.5 Å². The summed E-state index contributed by atoms with van der Waals surface area (Å²) in [6.07, 6.45) is -0.262. The molecule has 0 aliphatic carbocycles. The van der Waals surface area contributed by atoms with E-state index in [1.54, 1.807) is 13.8 Å². The third-order valence-corrected chi connectivity index (χ3v) is 2.22. The Labute approximate surface area is 95.3 Å². The van der Waals surface area contributed by atoms with Crippen LogP contribution in [0.5, 0.6) is 11.5 Å². The molecule has 5 heteroatoms. The molecule has 0 atom stereocenters. The highest BCUT2D eigenvalue weighted by molar-refractivity contribution is 9.10. The highest BCUT2D eigenvalue weighted by Crippen LogP contribution is 2.37. The Bertz CT molecular complexity index is 367. The number of halogens is 3. The van der Waals surface area contributed by atoms with Crippen molar-refractivity contribution in [1.29, 1.82) is 0 Å². The molecule has 0 saturated carbocycles. The summed E-state index contributed by atoms with van der Waals surface area (Å²) >= 11 is 2.90. The van der Waals surface area contributed by atoms with Gasteiger partial charge in [0.15, 0.2) is 17.4 Å². The first-order valence-corrected chi connectivity index (χ1v) is 5.14. The summed E-state index contributed by atoms with van der Waals surface area (Å²) in [5.41, 5.74) is 0. The van der Waals surface area contributed by atoms with Crippen LogP contribution in [0.1, 0.15) is 13.8 Å². The average Bonchev–Trinajstić information content (AvgIpc) is 2.13. The molecule has 0 heterocycles. The fourth-order valence-electron chi connectivity index (χ4n) is 1.09. The van der Waals surface area contributed by atoms with E-state index in [0.717, 1.165) is 6.07 Å². The topological polar surface area (TPSA) is 18.5 Å². The fourth-order valence-corrected chi connectivity index (χ4v) is 1.47. The van der Waals surface area contributed by atoms with E-state index in [4.69, 9.17) is 9.47 Å². The molecule has 0 bridgehead atoms. The standard InChI is InChI=1S/C10H11BrF2O2/c1-5(2)15-10-8(13)6(11)4-7(12)9(10)14-3/h4-5H,1-3H3. The molecule has 1 aromatic rings. The molecule has 0 unspecified atom stereocenters. The van der Waals surface area contributed by atoms with E-state index in [2.05, 4.69) is 15.9 Å². The second-order valence-electron chi connectivity index (χ2n) is 3.18. The van der Waals surface area contributed by atoms with Gasteiger partial charge in [0.1, 0.15) is 0 Å². The number of methoxy groups -OCH3 is 1. The normalized spacial score (nSPS) is 10.6. The summed E-state index contributed by atoms with van der Waals surface area (Å²) in [5, 5.41) is 0. The van der Waals surface area contributed by atoms with Gasteiger partial charge >= 0.3 is 0 Å². The second-order valence-corrected chi connectivity index (χ2v) is 4.04. The van der Waals surface area contributed by atoms with E-state index in [9.17, 15) is 8.78 Å². The largest absolute Gasteiger partial charge is 0.490 e. The van der Waals surface area contributed by atoms with Crippen molar-refractivity contribution in [3.63, 3.8) is 0 Å². The number of rotatable bonds is 3. The number of hydrogen-bond acceptors (Lipinski definition) is 2. The third kappa shape index (κ3) is 2.59. The monoisotopic (exact) mass is 280 g/mol. The molecule has 0 aliphatic rings. The van der Waals surface area contributed by atoms with E-state index < -0.39 is 11.6 Å². The van der Waals surface area contributed by atoms with Gasteiger partial charge in [0.25, 0.3) is 0 Å².